The van der Waals surface area contributed by atoms with E-state index in [9.17, 15) is 14.4 Å². The Labute approximate surface area is 143 Å². The van der Waals surface area contributed by atoms with Crippen LogP contribution in [0.2, 0.25) is 0 Å². The first kappa shape index (κ1) is 15.7. The molecule has 2 aromatic heterocycles. The monoisotopic (exact) mass is 345 g/mol. The number of nitrogens with zero attached hydrogens (tertiary/aromatic N) is 3. The van der Waals surface area contributed by atoms with Gasteiger partial charge in [-0.1, -0.05) is 0 Å². The van der Waals surface area contributed by atoms with Crippen molar-refractivity contribution in [2.24, 2.45) is 5.92 Å². The van der Waals surface area contributed by atoms with Gasteiger partial charge in [-0.15, -0.1) is 0 Å². The highest BCUT2D eigenvalue weighted by molar-refractivity contribution is 5.93. The van der Waals surface area contributed by atoms with Crippen molar-refractivity contribution < 1.29 is 14.3 Å². The third kappa shape index (κ3) is 2.65. The fourth-order valence-electron chi connectivity index (χ4n) is 3.66. The maximum atomic E-state index is 12.7. The lowest BCUT2D eigenvalue weighted by Crippen LogP contribution is -2.52. The molecule has 9 heteroatoms. The van der Waals surface area contributed by atoms with Crippen molar-refractivity contribution in [1.29, 1.82) is 0 Å². The van der Waals surface area contributed by atoms with Gasteiger partial charge in [-0.3, -0.25) is 9.59 Å². The lowest BCUT2D eigenvalue weighted by Gasteiger charge is -2.38. The third-order valence-electron chi connectivity index (χ3n) is 5.19. The van der Waals surface area contributed by atoms with Crippen LogP contribution < -0.4 is 10.9 Å². The molecule has 2 aliphatic heterocycles. The van der Waals surface area contributed by atoms with Crippen molar-refractivity contribution >= 4 is 17.5 Å². The van der Waals surface area contributed by atoms with Gasteiger partial charge >= 0.3 is 6.09 Å². The van der Waals surface area contributed by atoms with Crippen LogP contribution in [0.5, 0.6) is 0 Å². The normalized spacial score (nSPS) is 24.4. The summed E-state index contributed by atoms with van der Waals surface area (Å²) < 4.78 is 6.44. The number of H-pyrrole nitrogens is 1. The van der Waals surface area contributed by atoms with Crippen molar-refractivity contribution in [3.8, 4) is 0 Å². The summed E-state index contributed by atoms with van der Waals surface area (Å²) in [6.45, 7) is 3.51. The molecule has 2 N–H and O–H groups in total. The fraction of sp³-hybridized carbons (Fsp3) is 0.500. The molecule has 9 nitrogen and oxygen atoms in total. The summed E-state index contributed by atoms with van der Waals surface area (Å²) in [5, 5.41) is 7.08. The average Bonchev–Trinajstić information content (AvgIpc) is 3.19. The summed E-state index contributed by atoms with van der Waals surface area (Å²) in [6, 6.07) is 1.51. The van der Waals surface area contributed by atoms with E-state index in [1.54, 1.807) is 11.1 Å². The fourth-order valence-corrected chi connectivity index (χ4v) is 3.66. The summed E-state index contributed by atoms with van der Waals surface area (Å²) in [5.74, 6) is 0.0744. The van der Waals surface area contributed by atoms with Crippen LogP contribution in [0, 0.1) is 5.92 Å². The van der Waals surface area contributed by atoms with Gasteiger partial charge in [0.1, 0.15) is 12.1 Å². The molecule has 2 amide bonds. The van der Waals surface area contributed by atoms with Gasteiger partial charge in [-0.25, -0.2) is 9.31 Å². The Bertz CT molecular complexity index is 895. The number of hydrogen-bond acceptors (Lipinski definition) is 5. The topological polar surface area (TPSA) is 109 Å². The largest absolute Gasteiger partial charge is 0.447 e. The summed E-state index contributed by atoms with van der Waals surface area (Å²) in [6.07, 6.45) is 4.26. The molecular formula is C16H19N5O4. The summed E-state index contributed by atoms with van der Waals surface area (Å²) >= 11 is 0. The second-order valence-electron chi connectivity index (χ2n) is 6.83. The number of rotatable bonds is 2. The Morgan fingerprint density at radius 2 is 2.12 bits per heavy atom. The van der Waals surface area contributed by atoms with Gasteiger partial charge in [0.05, 0.1) is 5.54 Å². The number of likely N-dealkylation sites (tertiary alicyclic amines) is 1. The molecule has 4 heterocycles. The first-order valence-electron chi connectivity index (χ1n) is 8.27. The van der Waals surface area contributed by atoms with E-state index in [0.717, 1.165) is 12.8 Å². The van der Waals surface area contributed by atoms with Crippen LogP contribution in [0.15, 0.2) is 23.3 Å². The number of alkyl carbamates (subject to hydrolysis) is 1. The predicted octanol–water partition coefficient (Wildman–Crippen LogP) is 0.373. The zero-order valence-electron chi connectivity index (χ0n) is 13.8. The van der Waals surface area contributed by atoms with E-state index in [0.29, 0.717) is 25.2 Å². The van der Waals surface area contributed by atoms with E-state index in [-0.39, 0.29) is 34.7 Å². The van der Waals surface area contributed by atoms with Crippen molar-refractivity contribution in [3.05, 3.63) is 34.5 Å². The molecule has 2 aliphatic rings. The Morgan fingerprint density at radius 1 is 1.36 bits per heavy atom. The van der Waals surface area contributed by atoms with Gasteiger partial charge in [0, 0.05) is 31.5 Å². The van der Waals surface area contributed by atoms with Crippen molar-refractivity contribution in [2.45, 2.75) is 25.3 Å². The molecule has 0 spiro atoms. The van der Waals surface area contributed by atoms with E-state index >= 15 is 0 Å². The predicted molar refractivity (Wildman–Crippen MR) is 87.3 cm³/mol. The number of aromatic amines is 1. The highest BCUT2D eigenvalue weighted by atomic mass is 16.6. The molecule has 0 radical (unpaired) electrons. The van der Waals surface area contributed by atoms with Gasteiger partial charge in [0.15, 0.2) is 5.69 Å². The van der Waals surface area contributed by atoms with Crippen molar-refractivity contribution in [3.63, 3.8) is 0 Å². The maximum Gasteiger partial charge on any atom is 0.407 e. The number of amides is 2. The first-order valence-corrected chi connectivity index (χ1v) is 8.27. The molecule has 0 aliphatic carbocycles. The minimum Gasteiger partial charge on any atom is -0.447 e. The Morgan fingerprint density at radius 3 is 2.76 bits per heavy atom. The van der Waals surface area contributed by atoms with E-state index in [1.807, 2.05) is 6.92 Å². The van der Waals surface area contributed by atoms with Crippen LogP contribution in [0.25, 0.3) is 5.52 Å². The molecule has 1 unspecified atom stereocenters. The second-order valence-corrected chi connectivity index (χ2v) is 6.83. The molecule has 0 saturated carbocycles. The van der Waals surface area contributed by atoms with Gasteiger partial charge in [-0.05, 0) is 25.7 Å². The van der Waals surface area contributed by atoms with Crippen LogP contribution in [-0.2, 0) is 4.74 Å². The lowest BCUT2D eigenvalue weighted by atomic mass is 9.80. The molecule has 0 bridgehead atoms. The summed E-state index contributed by atoms with van der Waals surface area (Å²) in [7, 11) is 0. The van der Waals surface area contributed by atoms with Crippen LogP contribution in [0.3, 0.4) is 0 Å². The number of aromatic nitrogens is 3. The number of ether oxygens (including phenoxy) is 1. The molecule has 25 heavy (non-hydrogen) atoms. The van der Waals surface area contributed by atoms with Gasteiger partial charge in [0.25, 0.3) is 11.5 Å². The highest BCUT2D eigenvalue weighted by Gasteiger charge is 2.43. The van der Waals surface area contributed by atoms with E-state index in [1.165, 1.54) is 16.8 Å². The highest BCUT2D eigenvalue weighted by Crippen LogP contribution is 2.31. The average molecular weight is 345 g/mol. The third-order valence-corrected chi connectivity index (χ3v) is 5.19. The molecule has 2 fully saturated rings. The zero-order valence-corrected chi connectivity index (χ0v) is 13.8. The number of carbonyl (C=O) groups excluding carboxylic acids is 2. The Kier molecular flexibility index (Phi) is 3.52. The molecular weight excluding hydrogens is 326 g/mol. The SMILES string of the molecule is CC1(C2CCN(C(=O)c3cc4c(=O)[nH]ccn4n3)CC2)COC(=O)N1. The summed E-state index contributed by atoms with van der Waals surface area (Å²) in [5.41, 5.74) is -0.0432. The van der Waals surface area contributed by atoms with E-state index < -0.39 is 0 Å². The molecule has 0 aromatic carbocycles. The molecule has 1 atom stereocenters. The number of hydrogen-bond donors (Lipinski definition) is 2. The molecule has 2 aromatic rings. The smallest absolute Gasteiger partial charge is 0.407 e. The lowest BCUT2D eigenvalue weighted by molar-refractivity contribution is 0.0617. The van der Waals surface area contributed by atoms with E-state index in [2.05, 4.69) is 15.4 Å². The first-order chi connectivity index (χ1) is 12.0. The number of cyclic esters (lactones) is 1. The number of fused-ring (bicyclic) bond motifs is 1. The van der Waals surface area contributed by atoms with Crippen LogP contribution >= 0.6 is 0 Å². The second kappa shape index (κ2) is 5.61. The minimum atomic E-state index is -0.379. The van der Waals surface area contributed by atoms with Crippen molar-refractivity contribution in [1.82, 2.24) is 24.8 Å². The van der Waals surface area contributed by atoms with Gasteiger partial charge < -0.3 is 19.9 Å². The number of piperidine rings is 1. The van der Waals surface area contributed by atoms with Crippen LogP contribution in [-0.4, -0.2) is 56.7 Å². The van der Waals surface area contributed by atoms with Crippen LogP contribution in [0.4, 0.5) is 4.79 Å². The molecule has 4 rings (SSSR count). The maximum absolute atomic E-state index is 12.7. The van der Waals surface area contributed by atoms with Crippen LogP contribution in [0.1, 0.15) is 30.3 Å². The molecule has 132 valence electrons. The van der Waals surface area contributed by atoms with Gasteiger partial charge in [-0.2, -0.15) is 5.10 Å². The van der Waals surface area contributed by atoms with Gasteiger partial charge in [0.2, 0.25) is 0 Å². The quantitative estimate of drug-likeness (QED) is 0.817. The standard InChI is InChI=1S/C16H19N5O4/c1-16(9-25-15(24)18-16)10-2-5-20(6-3-10)14(23)11-8-12-13(22)17-4-7-21(12)19-11/h4,7-8,10H,2-3,5-6,9H2,1H3,(H,17,22)(H,18,24). The zero-order chi connectivity index (χ0) is 17.6. The van der Waals surface area contributed by atoms with E-state index in [4.69, 9.17) is 4.74 Å². The Balaban J connectivity index is 1.46. The molecule has 2 saturated heterocycles. The Hall–Kier alpha value is -2.84. The number of nitrogens with one attached hydrogen (secondary N) is 2. The minimum absolute atomic E-state index is 0.182. The summed E-state index contributed by atoms with van der Waals surface area (Å²) in [4.78, 5) is 40.1. The number of carbonyl (C=O) groups is 2. The van der Waals surface area contributed by atoms with Crippen molar-refractivity contribution in [2.75, 3.05) is 19.7 Å².